The molecule has 0 aliphatic carbocycles. The number of nitrogens with zero attached hydrogens (tertiary/aromatic N) is 1. The second-order valence-electron chi connectivity index (χ2n) is 4.72. The maximum absolute atomic E-state index is 11.9. The van der Waals surface area contributed by atoms with Crippen molar-refractivity contribution in [3.8, 4) is 5.75 Å². The minimum Gasteiger partial charge on any atom is -0.493 e. The van der Waals surface area contributed by atoms with Crippen molar-refractivity contribution < 1.29 is 19.4 Å². The molecule has 1 fully saturated rings. The zero-order chi connectivity index (χ0) is 14.5. The van der Waals surface area contributed by atoms with Crippen molar-refractivity contribution in [3.05, 3.63) is 29.3 Å². The summed E-state index contributed by atoms with van der Waals surface area (Å²) in [7, 11) is 0. The lowest BCUT2D eigenvalue weighted by Gasteiger charge is -2.16. The fraction of sp³-hybridized carbons (Fsp3) is 0.429. The zero-order valence-corrected chi connectivity index (χ0v) is 11.7. The molecule has 5 nitrogen and oxygen atoms in total. The minimum atomic E-state index is -0.838. The van der Waals surface area contributed by atoms with Gasteiger partial charge in [0.2, 0.25) is 5.91 Å². The Labute approximate surface area is 122 Å². The lowest BCUT2D eigenvalue weighted by molar-refractivity contribution is -0.141. The summed E-state index contributed by atoms with van der Waals surface area (Å²) in [5, 5.41) is 9.47. The predicted octanol–water partition coefficient (Wildman–Crippen LogP) is 2.04. The second kappa shape index (κ2) is 6.61. The topological polar surface area (TPSA) is 66.8 Å². The van der Waals surface area contributed by atoms with Gasteiger partial charge in [-0.05, 0) is 24.6 Å². The highest BCUT2D eigenvalue weighted by Gasteiger charge is 2.30. The number of hydrogen-bond donors (Lipinski definition) is 1. The molecule has 1 N–H and O–H groups in total. The van der Waals surface area contributed by atoms with Gasteiger partial charge < -0.3 is 14.7 Å². The average Bonchev–Trinajstić information content (AvgIpc) is 2.88. The maximum atomic E-state index is 11.9. The number of halogens is 1. The lowest BCUT2D eigenvalue weighted by atomic mass is 10.1. The first kappa shape index (κ1) is 14.7. The normalized spacial score (nSPS) is 18.1. The molecule has 1 aliphatic heterocycles. The van der Waals surface area contributed by atoms with Crippen LogP contribution < -0.4 is 4.74 Å². The van der Waals surface area contributed by atoms with Crippen LogP contribution in [0.1, 0.15) is 12.8 Å². The van der Waals surface area contributed by atoms with E-state index in [-0.39, 0.29) is 18.9 Å². The van der Waals surface area contributed by atoms with Crippen LogP contribution >= 0.6 is 11.6 Å². The van der Waals surface area contributed by atoms with Crippen molar-refractivity contribution >= 4 is 23.5 Å². The number of likely N-dealkylation sites (tertiary alicyclic amines) is 1. The van der Waals surface area contributed by atoms with Gasteiger partial charge in [0.25, 0.3) is 0 Å². The van der Waals surface area contributed by atoms with E-state index >= 15 is 0 Å². The van der Waals surface area contributed by atoms with Crippen molar-refractivity contribution in [1.82, 2.24) is 4.90 Å². The highest BCUT2D eigenvalue weighted by Crippen LogP contribution is 2.19. The summed E-state index contributed by atoms with van der Waals surface area (Å²) in [5.74, 6) is -0.728. The molecule has 1 saturated heterocycles. The smallest absolute Gasteiger partial charge is 0.308 e. The molecule has 0 radical (unpaired) electrons. The van der Waals surface area contributed by atoms with E-state index in [2.05, 4.69) is 0 Å². The van der Waals surface area contributed by atoms with Crippen molar-refractivity contribution in [2.24, 2.45) is 5.92 Å². The molecule has 0 spiro atoms. The number of carbonyl (C=O) groups is 2. The van der Waals surface area contributed by atoms with Crippen LogP contribution in [-0.4, -0.2) is 41.6 Å². The third-order valence-corrected chi connectivity index (χ3v) is 3.51. The Morgan fingerprint density at radius 2 is 2.25 bits per heavy atom. The third-order valence-electron chi connectivity index (χ3n) is 3.27. The quantitative estimate of drug-likeness (QED) is 0.903. The first-order valence-corrected chi connectivity index (χ1v) is 6.83. The van der Waals surface area contributed by atoms with Gasteiger partial charge in [-0.2, -0.15) is 0 Å². The van der Waals surface area contributed by atoms with Crippen molar-refractivity contribution in [1.29, 1.82) is 0 Å². The number of hydrogen-bond acceptors (Lipinski definition) is 3. The van der Waals surface area contributed by atoms with Gasteiger partial charge in [-0.1, -0.05) is 17.7 Å². The van der Waals surface area contributed by atoms with E-state index in [1.807, 2.05) is 0 Å². The summed E-state index contributed by atoms with van der Waals surface area (Å²) < 4.78 is 5.44. The molecule has 1 aliphatic rings. The van der Waals surface area contributed by atoms with Gasteiger partial charge in [0, 0.05) is 18.1 Å². The molecule has 1 amide bonds. The number of amides is 1. The van der Waals surface area contributed by atoms with Crippen molar-refractivity contribution in [2.45, 2.75) is 12.8 Å². The van der Waals surface area contributed by atoms with E-state index in [1.165, 1.54) is 0 Å². The summed E-state index contributed by atoms with van der Waals surface area (Å²) >= 11 is 5.82. The number of carboxylic acid groups (broad SMARTS) is 1. The molecule has 2 rings (SSSR count). The van der Waals surface area contributed by atoms with Crippen LogP contribution in [0, 0.1) is 5.92 Å². The lowest BCUT2D eigenvalue weighted by Crippen LogP contribution is -2.30. The largest absolute Gasteiger partial charge is 0.493 e. The number of carboxylic acids is 1. The van der Waals surface area contributed by atoms with Crippen molar-refractivity contribution in [2.75, 3.05) is 19.7 Å². The SMILES string of the molecule is O=C(O)C1CCN(C(=O)CCOc2cccc(Cl)c2)C1. The van der Waals surface area contributed by atoms with E-state index in [0.29, 0.717) is 30.3 Å². The Kier molecular flexibility index (Phi) is 4.84. The van der Waals surface area contributed by atoms with E-state index in [1.54, 1.807) is 29.2 Å². The fourth-order valence-electron chi connectivity index (χ4n) is 2.16. The molecule has 1 atom stereocenters. The summed E-state index contributed by atoms with van der Waals surface area (Å²) in [5.41, 5.74) is 0. The Morgan fingerprint density at radius 3 is 2.90 bits per heavy atom. The van der Waals surface area contributed by atoms with Crippen LogP contribution in [0.4, 0.5) is 0 Å². The third kappa shape index (κ3) is 3.87. The number of carbonyl (C=O) groups excluding carboxylic acids is 1. The van der Waals surface area contributed by atoms with Crippen LogP contribution in [0.2, 0.25) is 5.02 Å². The van der Waals surface area contributed by atoms with E-state index in [4.69, 9.17) is 21.4 Å². The van der Waals surface area contributed by atoms with Crippen LogP contribution in [0.3, 0.4) is 0 Å². The molecule has 0 saturated carbocycles. The van der Waals surface area contributed by atoms with Gasteiger partial charge >= 0.3 is 5.97 Å². The Hall–Kier alpha value is -1.75. The van der Waals surface area contributed by atoms with Gasteiger partial charge in [0.1, 0.15) is 5.75 Å². The number of rotatable bonds is 5. The summed E-state index contributed by atoms with van der Waals surface area (Å²) in [6, 6.07) is 6.97. The van der Waals surface area contributed by atoms with Crippen LogP contribution in [0.25, 0.3) is 0 Å². The standard InChI is InChI=1S/C14H16ClNO4/c15-11-2-1-3-12(8-11)20-7-5-13(17)16-6-4-10(9-16)14(18)19/h1-3,8,10H,4-7,9H2,(H,18,19). The molecule has 1 aromatic carbocycles. The first-order chi connectivity index (χ1) is 9.56. The molecule has 0 bridgehead atoms. The Bertz CT molecular complexity index is 506. The average molecular weight is 298 g/mol. The fourth-order valence-corrected chi connectivity index (χ4v) is 2.34. The summed E-state index contributed by atoms with van der Waals surface area (Å²) in [6.45, 7) is 1.06. The van der Waals surface area contributed by atoms with Crippen LogP contribution in [-0.2, 0) is 9.59 Å². The second-order valence-corrected chi connectivity index (χ2v) is 5.16. The number of benzene rings is 1. The highest BCUT2D eigenvalue weighted by atomic mass is 35.5. The zero-order valence-electron chi connectivity index (χ0n) is 10.9. The van der Waals surface area contributed by atoms with Crippen molar-refractivity contribution in [3.63, 3.8) is 0 Å². The molecule has 1 unspecified atom stereocenters. The molecular formula is C14H16ClNO4. The van der Waals surface area contributed by atoms with E-state index < -0.39 is 11.9 Å². The van der Waals surface area contributed by atoms with E-state index in [0.717, 1.165) is 0 Å². The molecule has 1 heterocycles. The van der Waals surface area contributed by atoms with E-state index in [9.17, 15) is 9.59 Å². The van der Waals surface area contributed by atoms with Gasteiger partial charge in [-0.15, -0.1) is 0 Å². The summed E-state index contributed by atoms with van der Waals surface area (Å²) in [4.78, 5) is 24.3. The van der Waals surface area contributed by atoms with Gasteiger partial charge in [-0.3, -0.25) is 9.59 Å². The molecular weight excluding hydrogens is 282 g/mol. The molecule has 108 valence electrons. The van der Waals surface area contributed by atoms with Crippen LogP contribution in [0.15, 0.2) is 24.3 Å². The number of ether oxygens (including phenoxy) is 1. The minimum absolute atomic E-state index is 0.0734. The first-order valence-electron chi connectivity index (χ1n) is 6.45. The van der Waals surface area contributed by atoms with Gasteiger partial charge in [-0.25, -0.2) is 0 Å². The predicted molar refractivity (Wildman–Crippen MR) is 73.9 cm³/mol. The Morgan fingerprint density at radius 1 is 1.45 bits per heavy atom. The molecule has 1 aromatic rings. The summed E-state index contributed by atoms with van der Waals surface area (Å²) in [6.07, 6.45) is 0.759. The van der Waals surface area contributed by atoms with Gasteiger partial charge in [0.15, 0.2) is 0 Å². The Balaban J connectivity index is 1.75. The highest BCUT2D eigenvalue weighted by molar-refractivity contribution is 6.30. The molecule has 0 aromatic heterocycles. The molecule has 6 heteroatoms. The molecule has 20 heavy (non-hydrogen) atoms. The number of aliphatic carboxylic acids is 1. The monoisotopic (exact) mass is 297 g/mol. The van der Waals surface area contributed by atoms with Gasteiger partial charge in [0.05, 0.1) is 18.9 Å². The van der Waals surface area contributed by atoms with Crippen LogP contribution in [0.5, 0.6) is 5.75 Å². The maximum Gasteiger partial charge on any atom is 0.308 e.